The molecule has 3 rings (SSSR count). The van der Waals surface area contributed by atoms with E-state index in [-0.39, 0.29) is 6.10 Å². The van der Waals surface area contributed by atoms with E-state index >= 15 is 0 Å². The quantitative estimate of drug-likeness (QED) is 0.916. The molecule has 0 aromatic heterocycles. The van der Waals surface area contributed by atoms with Crippen LogP contribution < -0.4 is 9.47 Å². The first-order chi connectivity index (χ1) is 10.2. The lowest BCUT2D eigenvalue weighted by atomic mass is 9.95. The van der Waals surface area contributed by atoms with Crippen molar-refractivity contribution in [2.45, 2.75) is 31.6 Å². The van der Waals surface area contributed by atoms with Crippen molar-refractivity contribution in [1.82, 2.24) is 4.90 Å². The molecule has 0 saturated carbocycles. The number of fused-ring (bicyclic) bond motifs is 1. The van der Waals surface area contributed by atoms with Gasteiger partial charge >= 0.3 is 0 Å². The minimum Gasteiger partial charge on any atom is -0.496 e. The first kappa shape index (κ1) is 14.6. The second-order valence-electron chi connectivity index (χ2n) is 5.71. The summed E-state index contributed by atoms with van der Waals surface area (Å²) in [7, 11) is 3.29. The molecule has 5 nitrogen and oxygen atoms in total. The van der Waals surface area contributed by atoms with Crippen molar-refractivity contribution >= 4 is 0 Å². The van der Waals surface area contributed by atoms with Crippen molar-refractivity contribution in [2.75, 3.05) is 33.9 Å². The van der Waals surface area contributed by atoms with Crippen LogP contribution in [0.1, 0.15) is 30.1 Å². The molecular weight excluding hydrogens is 270 g/mol. The van der Waals surface area contributed by atoms with Crippen LogP contribution in [0.25, 0.3) is 0 Å². The van der Waals surface area contributed by atoms with E-state index in [9.17, 15) is 5.11 Å². The van der Waals surface area contributed by atoms with Crippen LogP contribution in [0.3, 0.4) is 0 Å². The van der Waals surface area contributed by atoms with E-state index in [0.29, 0.717) is 6.54 Å². The largest absolute Gasteiger partial charge is 0.496 e. The molecule has 1 aromatic carbocycles. The van der Waals surface area contributed by atoms with Crippen molar-refractivity contribution in [3.63, 3.8) is 0 Å². The molecule has 1 N–H and O–H groups in total. The zero-order valence-electron chi connectivity index (χ0n) is 12.7. The van der Waals surface area contributed by atoms with Crippen LogP contribution in [0.2, 0.25) is 0 Å². The van der Waals surface area contributed by atoms with Crippen LogP contribution in [0.4, 0.5) is 0 Å². The van der Waals surface area contributed by atoms with Crippen LogP contribution >= 0.6 is 0 Å². The summed E-state index contributed by atoms with van der Waals surface area (Å²) < 4.78 is 16.5. The minimum atomic E-state index is -0.555. The van der Waals surface area contributed by atoms with Crippen molar-refractivity contribution in [2.24, 2.45) is 0 Å². The Morgan fingerprint density at radius 2 is 2.05 bits per heavy atom. The summed E-state index contributed by atoms with van der Waals surface area (Å²) in [5.74, 6) is 1.54. The number of benzene rings is 1. The van der Waals surface area contributed by atoms with Crippen molar-refractivity contribution in [1.29, 1.82) is 0 Å². The van der Waals surface area contributed by atoms with E-state index in [2.05, 4.69) is 4.90 Å². The first-order valence-corrected chi connectivity index (χ1v) is 7.48. The van der Waals surface area contributed by atoms with E-state index in [1.165, 1.54) is 0 Å². The van der Waals surface area contributed by atoms with Gasteiger partial charge in [0.2, 0.25) is 0 Å². The number of aliphatic hydroxyl groups is 1. The van der Waals surface area contributed by atoms with E-state index in [1.54, 1.807) is 14.2 Å². The average Bonchev–Trinajstić information content (AvgIpc) is 2.99. The van der Waals surface area contributed by atoms with Crippen molar-refractivity contribution in [3.05, 3.63) is 23.3 Å². The van der Waals surface area contributed by atoms with Gasteiger partial charge in [0.1, 0.15) is 11.5 Å². The fourth-order valence-corrected chi connectivity index (χ4v) is 3.36. The maximum atomic E-state index is 10.5. The van der Waals surface area contributed by atoms with Gasteiger partial charge in [-0.3, -0.25) is 4.90 Å². The van der Waals surface area contributed by atoms with Crippen LogP contribution in [0.5, 0.6) is 11.5 Å². The molecule has 2 aliphatic heterocycles. The zero-order valence-corrected chi connectivity index (χ0v) is 12.7. The number of aliphatic hydroxyl groups excluding tert-OH is 1. The predicted octanol–water partition coefficient (Wildman–Crippen LogP) is 1.73. The Bertz CT molecular complexity index is 499. The van der Waals surface area contributed by atoms with Gasteiger partial charge in [-0.15, -0.1) is 0 Å². The predicted molar refractivity (Wildman–Crippen MR) is 78.8 cm³/mol. The molecule has 1 aromatic rings. The van der Waals surface area contributed by atoms with Crippen molar-refractivity contribution in [3.8, 4) is 11.5 Å². The van der Waals surface area contributed by atoms with Crippen LogP contribution in [0, 0.1) is 0 Å². The molecule has 0 aliphatic carbocycles. The van der Waals surface area contributed by atoms with Crippen LogP contribution in [0.15, 0.2) is 12.1 Å². The maximum Gasteiger partial charge on any atom is 0.125 e. The molecule has 2 atom stereocenters. The molecule has 0 bridgehead atoms. The highest BCUT2D eigenvalue weighted by Crippen LogP contribution is 2.39. The topological polar surface area (TPSA) is 51.2 Å². The van der Waals surface area contributed by atoms with Gasteiger partial charge in [0, 0.05) is 37.4 Å². The molecule has 21 heavy (non-hydrogen) atoms. The van der Waals surface area contributed by atoms with Crippen LogP contribution in [-0.2, 0) is 11.3 Å². The molecular formula is C16H23NO4. The summed E-state index contributed by atoms with van der Waals surface area (Å²) in [6.07, 6.45) is 1.97. The number of methoxy groups -OCH3 is 2. The van der Waals surface area contributed by atoms with Crippen molar-refractivity contribution < 1.29 is 19.3 Å². The molecule has 0 radical (unpaired) electrons. The summed E-state index contributed by atoms with van der Waals surface area (Å²) in [5.41, 5.74) is 1.88. The molecule has 1 saturated heterocycles. The number of hydrogen-bond donors (Lipinski definition) is 1. The number of β-amino-alcohol motifs (C(OH)–C–C–N with tert-alkyl or cyclic N) is 1. The molecule has 0 amide bonds. The summed E-state index contributed by atoms with van der Waals surface area (Å²) >= 11 is 0. The van der Waals surface area contributed by atoms with Gasteiger partial charge in [-0.1, -0.05) is 0 Å². The van der Waals surface area contributed by atoms with E-state index in [4.69, 9.17) is 14.2 Å². The average molecular weight is 293 g/mol. The number of ether oxygens (including phenoxy) is 3. The number of hydrogen-bond acceptors (Lipinski definition) is 5. The Kier molecular flexibility index (Phi) is 4.33. The van der Waals surface area contributed by atoms with Gasteiger partial charge < -0.3 is 19.3 Å². The van der Waals surface area contributed by atoms with Gasteiger partial charge in [0.05, 0.1) is 26.4 Å². The van der Waals surface area contributed by atoms with Gasteiger partial charge in [0.25, 0.3) is 0 Å². The fourth-order valence-electron chi connectivity index (χ4n) is 3.36. The minimum absolute atomic E-state index is 0.287. The van der Waals surface area contributed by atoms with E-state index in [1.807, 2.05) is 12.1 Å². The Balaban J connectivity index is 1.85. The van der Waals surface area contributed by atoms with Gasteiger partial charge in [0.15, 0.2) is 0 Å². The SMILES string of the molecule is COc1ccc(OC)c2c1CN(C[C@@H]1CCCO1)C[C@@H]2O. The Hall–Kier alpha value is -1.30. The zero-order chi connectivity index (χ0) is 14.8. The molecule has 1 fully saturated rings. The maximum absolute atomic E-state index is 10.5. The monoisotopic (exact) mass is 293 g/mol. The normalized spacial score (nSPS) is 25.7. The second-order valence-corrected chi connectivity index (χ2v) is 5.71. The lowest BCUT2D eigenvalue weighted by Gasteiger charge is -2.35. The summed E-state index contributed by atoms with van der Waals surface area (Å²) in [5, 5.41) is 10.5. The number of nitrogens with zero attached hydrogens (tertiary/aromatic N) is 1. The van der Waals surface area contributed by atoms with Gasteiger partial charge in [-0.25, -0.2) is 0 Å². The molecule has 0 spiro atoms. The highest BCUT2D eigenvalue weighted by atomic mass is 16.5. The second kappa shape index (κ2) is 6.22. The van der Waals surface area contributed by atoms with Crippen LogP contribution in [-0.4, -0.2) is 50.0 Å². The van der Waals surface area contributed by atoms with E-state index in [0.717, 1.165) is 55.2 Å². The molecule has 2 heterocycles. The lowest BCUT2D eigenvalue weighted by molar-refractivity contribution is 0.0360. The molecule has 5 heteroatoms. The molecule has 116 valence electrons. The summed E-state index contributed by atoms with van der Waals surface area (Å²) in [6.45, 7) is 3.08. The molecule has 0 unspecified atom stereocenters. The summed E-state index contributed by atoms with van der Waals surface area (Å²) in [4.78, 5) is 2.24. The molecule has 2 aliphatic rings. The third-order valence-corrected chi connectivity index (χ3v) is 4.35. The lowest BCUT2D eigenvalue weighted by Crippen LogP contribution is -2.38. The first-order valence-electron chi connectivity index (χ1n) is 7.48. The standard InChI is InChI=1S/C16H23NO4/c1-19-14-5-6-15(20-2)16-12(14)9-17(10-13(16)18)8-11-4-3-7-21-11/h5-6,11,13,18H,3-4,7-10H2,1-2H3/t11-,13-/m0/s1. The van der Waals surface area contributed by atoms with E-state index < -0.39 is 6.10 Å². The Labute approximate surface area is 125 Å². The summed E-state index contributed by atoms with van der Waals surface area (Å²) in [6, 6.07) is 3.76. The third-order valence-electron chi connectivity index (χ3n) is 4.35. The Morgan fingerprint density at radius 1 is 1.29 bits per heavy atom. The highest BCUT2D eigenvalue weighted by molar-refractivity contribution is 5.51. The van der Waals surface area contributed by atoms with Gasteiger partial charge in [-0.2, -0.15) is 0 Å². The smallest absolute Gasteiger partial charge is 0.125 e. The highest BCUT2D eigenvalue weighted by Gasteiger charge is 2.31. The number of rotatable bonds is 4. The van der Waals surface area contributed by atoms with Gasteiger partial charge in [-0.05, 0) is 25.0 Å². The Morgan fingerprint density at radius 3 is 2.71 bits per heavy atom. The fraction of sp³-hybridized carbons (Fsp3) is 0.625. The third kappa shape index (κ3) is 2.86.